The van der Waals surface area contributed by atoms with E-state index in [1.54, 1.807) is 4.90 Å². The average molecular weight is 270 g/mol. The van der Waals surface area contributed by atoms with Crippen molar-refractivity contribution >= 4 is 18.0 Å². The summed E-state index contributed by atoms with van der Waals surface area (Å²) in [5.41, 5.74) is 0.836. The van der Waals surface area contributed by atoms with Gasteiger partial charge in [-0.25, -0.2) is 0 Å². The highest BCUT2D eigenvalue weighted by Gasteiger charge is 2.21. The molecule has 1 aromatic rings. The van der Waals surface area contributed by atoms with Crippen molar-refractivity contribution in [3.63, 3.8) is 0 Å². The van der Waals surface area contributed by atoms with Crippen molar-refractivity contribution in [3.8, 4) is 0 Å². The second kappa shape index (κ2) is 6.76. The Morgan fingerprint density at radius 3 is 2.61 bits per heavy atom. The van der Waals surface area contributed by atoms with E-state index < -0.39 is 0 Å². The van der Waals surface area contributed by atoms with E-state index in [0.29, 0.717) is 24.5 Å². The molecule has 0 aliphatic carbocycles. The zero-order valence-electron chi connectivity index (χ0n) is 10.9. The van der Waals surface area contributed by atoms with Crippen molar-refractivity contribution < 1.29 is 9.90 Å². The number of benzene rings is 1. The first kappa shape index (κ1) is 15.0. The number of nitrogens with zero attached hydrogens (tertiary/aromatic N) is 1. The molecule has 100 valence electrons. The van der Waals surface area contributed by atoms with E-state index in [1.165, 1.54) is 0 Å². The molecular formula is C14H20ClNO2. The molecule has 1 N–H and O–H groups in total. The van der Waals surface area contributed by atoms with Crippen molar-refractivity contribution in [2.24, 2.45) is 5.41 Å². The molecule has 1 aromatic carbocycles. The fourth-order valence-corrected chi connectivity index (χ4v) is 2.10. The molecule has 0 aliphatic heterocycles. The molecule has 4 heteroatoms. The highest BCUT2D eigenvalue weighted by molar-refractivity contribution is 6.31. The lowest BCUT2D eigenvalue weighted by atomic mass is 9.89. The van der Waals surface area contributed by atoms with Crippen LogP contribution in [0.15, 0.2) is 24.3 Å². The standard InChI is InChI=1S/C14H20ClNO2/c1-14(2,7-8-17)10-16(11-18)9-12-5-3-4-6-13(12)15/h3-6,11,17H,7-10H2,1-2H3. The third kappa shape index (κ3) is 4.67. The number of carbonyl (C=O) groups excluding carboxylic acids is 1. The Morgan fingerprint density at radius 2 is 2.06 bits per heavy atom. The number of amides is 1. The first-order valence-corrected chi connectivity index (χ1v) is 6.40. The number of hydrogen-bond acceptors (Lipinski definition) is 2. The number of aliphatic hydroxyl groups is 1. The van der Waals surface area contributed by atoms with Gasteiger partial charge in [0.25, 0.3) is 0 Å². The lowest BCUT2D eigenvalue weighted by Crippen LogP contribution is -2.33. The fourth-order valence-electron chi connectivity index (χ4n) is 1.91. The summed E-state index contributed by atoms with van der Waals surface area (Å²) in [6, 6.07) is 7.51. The van der Waals surface area contributed by atoms with Crippen LogP contribution in [0.1, 0.15) is 25.8 Å². The predicted octanol–water partition coefficient (Wildman–Crippen LogP) is 2.71. The van der Waals surface area contributed by atoms with Gasteiger partial charge in [-0.1, -0.05) is 43.6 Å². The summed E-state index contributed by atoms with van der Waals surface area (Å²) in [5, 5.41) is 9.66. The van der Waals surface area contributed by atoms with Crippen LogP contribution in [-0.4, -0.2) is 29.6 Å². The molecular weight excluding hydrogens is 250 g/mol. The van der Waals surface area contributed by atoms with Gasteiger partial charge in [0.1, 0.15) is 0 Å². The SMILES string of the molecule is CC(C)(CCO)CN(C=O)Cc1ccccc1Cl. The van der Waals surface area contributed by atoms with Gasteiger partial charge in [-0.15, -0.1) is 0 Å². The lowest BCUT2D eigenvalue weighted by molar-refractivity contribution is -0.120. The summed E-state index contributed by atoms with van der Waals surface area (Å²) in [7, 11) is 0. The maximum absolute atomic E-state index is 11.1. The predicted molar refractivity (Wildman–Crippen MR) is 73.4 cm³/mol. The molecule has 1 amide bonds. The van der Waals surface area contributed by atoms with Gasteiger partial charge in [0.05, 0.1) is 0 Å². The highest BCUT2D eigenvalue weighted by Crippen LogP contribution is 2.23. The summed E-state index contributed by atoms with van der Waals surface area (Å²) in [6.45, 7) is 5.30. The van der Waals surface area contributed by atoms with Crippen molar-refractivity contribution in [2.75, 3.05) is 13.2 Å². The van der Waals surface area contributed by atoms with Crippen molar-refractivity contribution in [1.82, 2.24) is 4.90 Å². The zero-order valence-corrected chi connectivity index (χ0v) is 11.7. The second-order valence-electron chi connectivity index (χ2n) is 5.24. The van der Waals surface area contributed by atoms with E-state index in [4.69, 9.17) is 16.7 Å². The minimum Gasteiger partial charge on any atom is -0.396 e. The summed E-state index contributed by atoms with van der Waals surface area (Å²) in [6.07, 6.45) is 1.50. The second-order valence-corrected chi connectivity index (χ2v) is 5.65. The molecule has 0 radical (unpaired) electrons. The Bertz CT molecular complexity index is 393. The molecule has 0 unspecified atom stereocenters. The molecule has 1 rings (SSSR count). The van der Waals surface area contributed by atoms with Crippen LogP contribution in [0.4, 0.5) is 0 Å². The number of carbonyl (C=O) groups is 1. The average Bonchev–Trinajstić information content (AvgIpc) is 2.30. The largest absolute Gasteiger partial charge is 0.396 e. The van der Waals surface area contributed by atoms with E-state index in [2.05, 4.69) is 0 Å². The normalized spacial score (nSPS) is 11.3. The molecule has 0 fully saturated rings. The maximum Gasteiger partial charge on any atom is 0.210 e. The molecule has 0 spiro atoms. The van der Waals surface area contributed by atoms with Crippen LogP contribution in [-0.2, 0) is 11.3 Å². The minimum absolute atomic E-state index is 0.100. The Morgan fingerprint density at radius 1 is 1.39 bits per heavy atom. The monoisotopic (exact) mass is 269 g/mol. The molecule has 0 bridgehead atoms. The highest BCUT2D eigenvalue weighted by atomic mass is 35.5. The number of rotatable bonds is 7. The maximum atomic E-state index is 11.1. The van der Waals surface area contributed by atoms with Crippen LogP contribution < -0.4 is 0 Å². The summed E-state index contributed by atoms with van der Waals surface area (Å²) in [4.78, 5) is 12.8. The Kier molecular flexibility index (Phi) is 5.63. The molecule has 0 atom stereocenters. The third-order valence-corrected chi connectivity index (χ3v) is 3.27. The van der Waals surface area contributed by atoms with Gasteiger partial charge < -0.3 is 10.0 Å². The van der Waals surface area contributed by atoms with Gasteiger partial charge >= 0.3 is 0 Å². The van der Waals surface area contributed by atoms with Crippen molar-refractivity contribution in [3.05, 3.63) is 34.9 Å². The van der Waals surface area contributed by atoms with Gasteiger partial charge in [-0.05, 0) is 23.5 Å². The molecule has 0 saturated heterocycles. The van der Waals surface area contributed by atoms with E-state index in [1.807, 2.05) is 38.1 Å². The van der Waals surface area contributed by atoms with Crippen molar-refractivity contribution in [1.29, 1.82) is 0 Å². The van der Waals surface area contributed by atoms with Gasteiger partial charge in [0, 0.05) is 24.7 Å². The van der Waals surface area contributed by atoms with Gasteiger partial charge in [-0.2, -0.15) is 0 Å². The van der Waals surface area contributed by atoms with Crippen LogP contribution in [0.5, 0.6) is 0 Å². The Hall–Kier alpha value is -1.06. The smallest absolute Gasteiger partial charge is 0.210 e. The summed E-state index contributed by atoms with van der Waals surface area (Å²) < 4.78 is 0. The zero-order chi connectivity index (χ0) is 13.6. The summed E-state index contributed by atoms with van der Waals surface area (Å²) >= 11 is 6.08. The Balaban J connectivity index is 2.68. The number of hydrogen-bond donors (Lipinski definition) is 1. The molecule has 0 heterocycles. The van der Waals surface area contributed by atoms with Crippen LogP contribution in [0.2, 0.25) is 5.02 Å². The lowest BCUT2D eigenvalue weighted by Gasteiger charge is -2.30. The van der Waals surface area contributed by atoms with Crippen molar-refractivity contribution in [2.45, 2.75) is 26.8 Å². The first-order valence-electron chi connectivity index (χ1n) is 6.02. The van der Waals surface area contributed by atoms with E-state index in [0.717, 1.165) is 12.0 Å². The topological polar surface area (TPSA) is 40.5 Å². The van der Waals surface area contributed by atoms with E-state index in [-0.39, 0.29) is 12.0 Å². The van der Waals surface area contributed by atoms with Crippen LogP contribution >= 0.6 is 11.6 Å². The molecule has 0 aromatic heterocycles. The van der Waals surface area contributed by atoms with Gasteiger partial charge in [0.15, 0.2) is 0 Å². The number of halogens is 1. The fraction of sp³-hybridized carbons (Fsp3) is 0.500. The van der Waals surface area contributed by atoms with Crippen LogP contribution in [0.25, 0.3) is 0 Å². The van der Waals surface area contributed by atoms with Gasteiger partial charge in [-0.3, -0.25) is 4.79 Å². The van der Waals surface area contributed by atoms with Gasteiger partial charge in [0.2, 0.25) is 6.41 Å². The number of aliphatic hydroxyl groups excluding tert-OH is 1. The van der Waals surface area contributed by atoms with Crippen LogP contribution in [0, 0.1) is 5.41 Å². The molecule has 0 saturated carbocycles. The van der Waals surface area contributed by atoms with E-state index >= 15 is 0 Å². The molecule has 0 aliphatic rings. The minimum atomic E-state index is -0.100. The van der Waals surface area contributed by atoms with E-state index in [9.17, 15) is 4.79 Å². The third-order valence-electron chi connectivity index (χ3n) is 2.90. The molecule has 3 nitrogen and oxygen atoms in total. The molecule has 18 heavy (non-hydrogen) atoms. The quantitative estimate of drug-likeness (QED) is 0.773. The Labute approximate surface area is 113 Å². The first-order chi connectivity index (χ1) is 8.48. The summed E-state index contributed by atoms with van der Waals surface area (Å²) in [5.74, 6) is 0. The van der Waals surface area contributed by atoms with Crippen LogP contribution in [0.3, 0.4) is 0 Å².